The van der Waals surface area contributed by atoms with Gasteiger partial charge in [0.1, 0.15) is 97.7 Å². The van der Waals surface area contributed by atoms with Crippen molar-refractivity contribution in [2.24, 2.45) is 0 Å². The van der Waals surface area contributed by atoms with Gasteiger partial charge in [-0.2, -0.15) is 0 Å². The molecule has 16 rings (SSSR count). The van der Waals surface area contributed by atoms with Crippen molar-refractivity contribution in [1.82, 2.24) is 0 Å². The smallest absolute Gasteiger partial charge is 0.187 e. The van der Waals surface area contributed by atoms with Crippen molar-refractivity contribution in [1.29, 1.82) is 0 Å². The first-order valence-electron chi connectivity index (χ1n) is 44.5. The first-order chi connectivity index (χ1) is 63.8. The zero-order valence-electron chi connectivity index (χ0n) is 72.2. The van der Waals surface area contributed by atoms with Crippen LogP contribution in [0.15, 0.2) is 364 Å². The van der Waals surface area contributed by atoms with E-state index in [0.29, 0.717) is 0 Å². The van der Waals surface area contributed by atoms with Crippen LogP contribution in [-0.4, -0.2) is 159 Å². The lowest BCUT2D eigenvalue weighted by atomic mass is 9.94. The summed E-state index contributed by atoms with van der Waals surface area (Å²) in [6.45, 7) is 0.934. The van der Waals surface area contributed by atoms with Gasteiger partial charge in [-0.1, -0.05) is 364 Å². The molecule has 20 atom stereocenters. The summed E-state index contributed by atoms with van der Waals surface area (Å²) in [6.07, 6.45) is -25.9. The Morgan fingerprint density at radius 3 is 0.581 bits per heavy atom. The summed E-state index contributed by atoms with van der Waals surface area (Å²) < 4.78 is 139. The molecule has 0 bridgehead atoms. The minimum absolute atomic E-state index is 0.00000305. The van der Waals surface area contributed by atoms with E-state index in [1.165, 1.54) is 0 Å². The van der Waals surface area contributed by atoms with Crippen molar-refractivity contribution in [2.75, 3.05) is 26.4 Å². The summed E-state index contributed by atoms with van der Waals surface area (Å²) in [7, 11) is 0. The van der Waals surface area contributed by atoms with E-state index < -0.39 is 123 Å². The normalized spacial score (nSPS) is 25.8. The van der Waals surface area contributed by atoms with Crippen molar-refractivity contribution < 1.29 is 100 Å². The van der Waals surface area contributed by atoms with Crippen LogP contribution in [0.2, 0.25) is 0 Å². The van der Waals surface area contributed by atoms with Gasteiger partial charge in [-0.3, -0.25) is 0 Å². The zero-order chi connectivity index (χ0) is 87.7. The average molecular weight is 1750 g/mol. The average Bonchev–Trinajstić information content (AvgIpc) is 0.754. The van der Waals surface area contributed by atoms with Crippen molar-refractivity contribution in [2.45, 2.75) is 202 Å². The van der Waals surface area contributed by atoms with Gasteiger partial charge in [-0.05, 0) is 66.8 Å². The van der Waals surface area contributed by atoms with Gasteiger partial charge in [0, 0.05) is 0 Å². The molecule has 21 heteroatoms. The second kappa shape index (κ2) is 49.2. The zero-order valence-corrected chi connectivity index (χ0v) is 72.2. The monoisotopic (exact) mass is 1750 g/mol. The Labute approximate surface area is 755 Å². The maximum atomic E-state index is 13.8. The van der Waals surface area contributed by atoms with E-state index in [9.17, 15) is 10.2 Å². The lowest BCUT2D eigenvalue weighted by molar-refractivity contribution is -0.415. The minimum Gasteiger partial charge on any atom is -0.385 e. The predicted molar refractivity (Wildman–Crippen MR) is 482 cm³/mol. The number of aliphatic hydroxyl groups is 2. The lowest BCUT2D eigenvalue weighted by Gasteiger charge is -2.52. The van der Waals surface area contributed by atoms with E-state index in [-0.39, 0.29) is 106 Å². The molecule has 8 unspecified atom stereocenters. The molecule has 0 aliphatic carbocycles. The van der Waals surface area contributed by atoms with E-state index in [1.54, 1.807) is 0 Å². The van der Waals surface area contributed by atoms with E-state index >= 15 is 0 Å². The molecular weight excluding hydrogens is 1630 g/mol. The molecular formula is C108H114O21. The molecule has 12 aromatic rings. The molecule has 4 heterocycles. The Bertz CT molecular complexity index is 5070. The van der Waals surface area contributed by atoms with Crippen LogP contribution in [0.4, 0.5) is 0 Å². The molecule has 4 aliphatic rings. The molecule has 4 saturated heterocycles. The highest BCUT2D eigenvalue weighted by Crippen LogP contribution is 2.42. The topological polar surface area (TPSA) is 216 Å². The third kappa shape index (κ3) is 27.0. The molecule has 0 saturated carbocycles. The van der Waals surface area contributed by atoms with Gasteiger partial charge in [0.2, 0.25) is 0 Å². The van der Waals surface area contributed by atoms with Crippen LogP contribution in [-0.2, 0) is 169 Å². The highest BCUT2D eigenvalue weighted by Gasteiger charge is 2.59. The van der Waals surface area contributed by atoms with Gasteiger partial charge in [0.15, 0.2) is 25.2 Å². The van der Waals surface area contributed by atoms with Crippen LogP contribution < -0.4 is 0 Å². The van der Waals surface area contributed by atoms with Gasteiger partial charge in [-0.15, -0.1) is 0 Å². The quantitative estimate of drug-likeness (QED) is 0.0363. The van der Waals surface area contributed by atoms with Crippen LogP contribution in [0.25, 0.3) is 0 Å². The summed E-state index contributed by atoms with van der Waals surface area (Å²) >= 11 is 0. The Hall–Kier alpha value is -10.2. The predicted octanol–water partition coefficient (Wildman–Crippen LogP) is 16.9. The minimum atomic E-state index is -1.78. The van der Waals surface area contributed by atoms with Crippen LogP contribution in [0, 0.1) is 0 Å². The molecule has 12 aromatic carbocycles. The fraction of sp³-hybridized carbons (Fsp3) is 0.333. The van der Waals surface area contributed by atoms with E-state index in [1.807, 2.05) is 364 Å². The third-order valence-electron chi connectivity index (χ3n) is 23.1. The second-order valence-electron chi connectivity index (χ2n) is 32.6. The first-order valence-corrected chi connectivity index (χ1v) is 44.5. The van der Waals surface area contributed by atoms with Crippen LogP contribution >= 0.6 is 0 Å². The summed E-state index contributed by atoms with van der Waals surface area (Å²) in [5.41, 5.74) is 10.4. The van der Waals surface area contributed by atoms with E-state index in [4.69, 9.17) is 90.0 Å². The molecule has 0 amide bonds. The highest BCUT2D eigenvalue weighted by atomic mass is 16.8. The maximum Gasteiger partial charge on any atom is 0.187 e. The SMILES string of the molecule is OC1[C@@H](OC2[C@@H](OC3[C@@H](OC4[C@H](O)OC(COCc5ccccc5)[C@@H](OCc5ccccc5)[C@H]4OCc4ccccc4)OC(COCc4ccccc4)[C@@H](OCc4ccccc4)[C@H]3OCc3ccccc3)OC(COCc3ccccc3)[C@@H](OCc3ccccc3)[C@H]2OCc2ccccc2)OC(COCc2ccccc2)[C@@H](OCc2ccccc2)[C@H]1OCc1ccccc1. The van der Waals surface area contributed by atoms with Gasteiger partial charge in [0.05, 0.1) is 106 Å². The van der Waals surface area contributed by atoms with Gasteiger partial charge < -0.3 is 100 Å². The van der Waals surface area contributed by atoms with Gasteiger partial charge in [-0.25, -0.2) is 0 Å². The van der Waals surface area contributed by atoms with Crippen LogP contribution in [0.3, 0.4) is 0 Å². The summed E-state index contributed by atoms with van der Waals surface area (Å²) in [5.74, 6) is 0. The fourth-order valence-electron chi connectivity index (χ4n) is 16.5. The number of aliphatic hydroxyl groups excluding tert-OH is 2. The Morgan fingerprint density at radius 2 is 0.341 bits per heavy atom. The van der Waals surface area contributed by atoms with Gasteiger partial charge in [0.25, 0.3) is 0 Å². The second-order valence-corrected chi connectivity index (χ2v) is 32.6. The lowest BCUT2D eigenvalue weighted by Crippen LogP contribution is -2.69. The molecule has 0 spiro atoms. The Kier molecular flexibility index (Phi) is 35.1. The summed E-state index contributed by atoms with van der Waals surface area (Å²) in [4.78, 5) is 0. The Balaban J connectivity index is 0.857. The Morgan fingerprint density at radius 1 is 0.171 bits per heavy atom. The standard InChI is InChI=1S/C108H114O21/c109-93-98(119-69-85-53-29-9-30-54-85)94(115-65-81-45-21-5-22-46-81)90(74-112-62-78-39-15-2-16-40-78)124-106(93)128-103-100(121-71-87-57-33-11-34-58-87)96(117-67-83-49-25-7-26-50-83)92(76-114-64-80-43-19-4-20-44-80)126-108(103)129-104-101(122-72-88-59-35-12-36-60-88)97(118-68-84-51-27-8-28-52-84)91(75-113-63-79-41-17-3-18-42-79)125-107(104)127-102-99(120-70-86-55-31-10-32-56-86)95(116-66-82-47-23-6-24-48-82)89(123-105(102)110)73-111-61-77-37-13-1-14-38-77/h1-60,89-110H,61-76H2/t89?,90?,91?,92?,93?,94-,95-,96-,97-,98+,99-,100-,101-,102?,103?,104?,105-,106-,107-,108-/m1/s1. The molecule has 129 heavy (non-hydrogen) atoms. The molecule has 0 aromatic heterocycles. The summed E-state index contributed by atoms with van der Waals surface area (Å²) in [5, 5.41) is 27.2. The highest BCUT2D eigenvalue weighted by molar-refractivity contribution is 5.23. The third-order valence-corrected chi connectivity index (χ3v) is 23.1. The number of hydrogen-bond donors (Lipinski definition) is 2. The number of rotatable bonds is 46. The van der Waals surface area contributed by atoms with Crippen LogP contribution in [0.5, 0.6) is 0 Å². The molecule has 21 nitrogen and oxygen atoms in total. The number of ether oxygens (including phenoxy) is 19. The van der Waals surface area contributed by atoms with E-state index in [0.717, 1.165) is 66.8 Å². The van der Waals surface area contributed by atoms with Crippen LogP contribution in [0.1, 0.15) is 66.8 Å². The molecule has 0 radical (unpaired) electrons. The van der Waals surface area contributed by atoms with Crippen molar-refractivity contribution in [3.8, 4) is 0 Å². The molecule has 4 fully saturated rings. The summed E-state index contributed by atoms with van der Waals surface area (Å²) in [6, 6.07) is 118. The van der Waals surface area contributed by atoms with Gasteiger partial charge >= 0.3 is 0 Å². The first kappa shape index (κ1) is 92.1. The fourth-order valence-corrected chi connectivity index (χ4v) is 16.5. The molecule has 672 valence electrons. The van der Waals surface area contributed by atoms with Crippen molar-refractivity contribution >= 4 is 0 Å². The number of benzene rings is 12. The van der Waals surface area contributed by atoms with Crippen molar-refractivity contribution in [3.05, 3.63) is 431 Å². The van der Waals surface area contributed by atoms with E-state index in [2.05, 4.69) is 0 Å². The van der Waals surface area contributed by atoms with Crippen molar-refractivity contribution in [3.63, 3.8) is 0 Å². The molecule has 2 N–H and O–H groups in total. The number of hydrogen-bond acceptors (Lipinski definition) is 21. The molecule has 4 aliphatic heterocycles. The maximum absolute atomic E-state index is 13.8. The largest absolute Gasteiger partial charge is 0.385 e.